The van der Waals surface area contributed by atoms with E-state index in [4.69, 9.17) is 0 Å². The van der Waals surface area contributed by atoms with Crippen LogP contribution in [0.5, 0.6) is 0 Å². The molecule has 1 N–H and O–H groups in total. The number of sulfonamides is 1. The fraction of sp³-hybridized carbons (Fsp3) is 0.522. The standard InChI is InChI=1S/C23H25F3N8O3S2/c1-13(2)20(35)33-7-6-32(10-14(33)3)16-8-15(39(36,37)31-22(12-27)4-5-22)11-34-17(16)9-28-18(34)19-29-30-21(38-19)23(24,25)26/h8-9,11,13-14,31H,4-7,10H2,1-3H3/t14-/m1/s1. The molecular weight excluding hydrogens is 557 g/mol. The maximum absolute atomic E-state index is 13.4. The van der Waals surface area contributed by atoms with Crippen molar-refractivity contribution in [3.05, 3.63) is 23.5 Å². The number of halogens is 3. The zero-order valence-corrected chi connectivity index (χ0v) is 22.9. The lowest BCUT2D eigenvalue weighted by Crippen LogP contribution is -2.55. The molecule has 3 aromatic heterocycles. The number of piperazine rings is 1. The maximum Gasteiger partial charge on any atom is 0.445 e. The lowest BCUT2D eigenvalue weighted by atomic mass is 10.1. The minimum atomic E-state index is -4.69. The Morgan fingerprint density at radius 3 is 2.56 bits per heavy atom. The molecule has 16 heteroatoms. The predicted octanol–water partition coefficient (Wildman–Crippen LogP) is 2.90. The first-order valence-corrected chi connectivity index (χ1v) is 14.5. The minimum Gasteiger partial charge on any atom is -0.366 e. The molecule has 1 atom stereocenters. The second-order valence-electron chi connectivity index (χ2n) is 10.1. The summed E-state index contributed by atoms with van der Waals surface area (Å²) in [6.45, 7) is 6.75. The number of hydrogen-bond donors (Lipinski definition) is 1. The lowest BCUT2D eigenvalue weighted by Gasteiger charge is -2.42. The summed E-state index contributed by atoms with van der Waals surface area (Å²) in [5.74, 6) is -0.159. The van der Waals surface area contributed by atoms with Crippen LogP contribution in [0.15, 0.2) is 23.4 Å². The van der Waals surface area contributed by atoms with Crippen molar-refractivity contribution in [1.29, 1.82) is 5.26 Å². The van der Waals surface area contributed by atoms with Crippen molar-refractivity contribution in [2.24, 2.45) is 5.92 Å². The van der Waals surface area contributed by atoms with Gasteiger partial charge in [0.1, 0.15) is 10.4 Å². The number of anilines is 1. The average Bonchev–Trinajstić information content (AvgIpc) is 3.25. The van der Waals surface area contributed by atoms with Gasteiger partial charge in [-0.15, -0.1) is 10.2 Å². The van der Waals surface area contributed by atoms with Crippen LogP contribution in [-0.2, 0) is 21.0 Å². The van der Waals surface area contributed by atoms with E-state index in [1.807, 2.05) is 31.7 Å². The second kappa shape index (κ2) is 9.42. The summed E-state index contributed by atoms with van der Waals surface area (Å²) in [5.41, 5.74) is -0.253. The van der Waals surface area contributed by atoms with Crippen LogP contribution in [0.3, 0.4) is 0 Å². The Balaban J connectivity index is 1.60. The molecule has 0 aromatic carbocycles. The molecule has 2 fully saturated rings. The van der Waals surface area contributed by atoms with Crippen molar-refractivity contribution in [1.82, 2.24) is 29.2 Å². The molecule has 39 heavy (non-hydrogen) atoms. The van der Waals surface area contributed by atoms with Crippen LogP contribution in [0.25, 0.3) is 16.3 Å². The maximum atomic E-state index is 13.4. The number of alkyl halides is 3. The van der Waals surface area contributed by atoms with Gasteiger partial charge in [-0.3, -0.25) is 9.20 Å². The number of nitrogens with one attached hydrogen (secondary N) is 1. The van der Waals surface area contributed by atoms with Crippen LogP contribution >= 0.6 is 11.3 Å². The van der Waals surface area contributed by atoms with Crippen LogP contribution in [-0.4, -0.2) is 70.0 Å². The number of nitrogens with zero attached hydrogens (tertiary/aromatic N) is 7. The molecule has 0 radical (unpaired) electrons. The predicted molar refractivity (Wildman–Crippen MR) is 135 cm³/mol. The van der Waals surface area contributed by atoms with E-state index in [9.17, 15) is 31.6 Å². The molecule has 4 heterocycles. The molecule has 11 nitrogen and oxygen atoms in total. The van der Waals surface area contributed by atoms with Gasteiger partial charge in [-0.25, -0.2) is 13.4 Å². The SMILES string of the molecule is CC(C)C(=O)N1CCN(c2cc(S(=O)(=O)NC3(C#N)CC3)cn3c(-c4nnc(C(F)(F)F)s4)ncc23)C[C@H]1C. The van der Waals surface area contributed by atoms with Crippen LogP contribution in [0, 0.1) is 17.2 Å². The smallest absolute Gasteiger partial charge is 0.366 e. The van der Waals surface area contributed by atoms with Gasteiger partial charge in [-0.05, 0) is 25.8 Å². The lowest BCUT2D eigenvalue weighted by molar-refractivity contribution is -0.138. The van der Waals surface area contributed by atoms with Crippen LogP contribution in [0.4, 0.5) is 18.9 Å². The van der Waals surface area contributed by atoms with Gasteiger partial charge in [-0.2, -0.15) is 23.2 Å². The van der Waals surface area contributed by atoms with Gasteiger partial charge in [0.2, 0.25) is 20.9 Å². The van der Waals surface area contributed by atoms with Gasteiger partial charge in [0.15, 0.2) is 10.8 Å². The Morgan fingerprint density at radius 1 is 1.28 bits per heavy atom. The van der Waals surface area contributed by atoms with Crippen LogP contribution < -0.4 is 9.62 Å². The Kier molecular flexibility index (Phi) is 6.59. The summed E-state index contributed by atoms with van der Waals surface area (Å²) >= 11 is 0.301. The van der Waals surface area contributed by atoms with Crippen molar-refractivity contribution in [3.8, 4) is 16.9 Å². The normalized spacial score (nSPS) is 19.5. The molecule has 3 aromatic rings. The number of aromatic nitrogens is 4. The summed E-state index contributed by atoms with van der Waals surface area (Å²) in [5, 5.41) is 15.0. The third-order valence-electron chi connectivity index (χ3n) is 6.80. The molecule has 0 bridgehead atoms. The Bertz CT molecular complexity index is 1590. The van der Waals surface area contributed by atoms with Crippen molar-refractivity contribution < 1.29 is 26.4 Å². The molecule has 1 saturated heterocycles. The highest BCUT2D eigenvalue weighted by atomic mass is 32.2. The van der Waals surface area contributed by atoms with Gasteiger partial charge in [0.05, 0.1) is 23.5 Å². The fourth-order valence-corrected chi connectivity index (χ4v) is 6.65. The number of carbonyl (C=O) groups excluding carboxylic acids is 1. The van der Waals surface area contributed by atoms with E-state index in [2.05, 4.69) is 19.9 Å². The third kappa shape index (κ3) is 5.06. The van der Waals surface area contributed by atoms with Crippen LogP contribution in [0.1, 0.15) is 38.6 Å². The number of fused-ring (bicyclic) bond motifs is 1. The molecule has 0 spiro atoms. The highest BCUT2D eigenvalue weighted by molar-refractivity contribution is 7.89. The molecule has 0 unspecified atom stereocenters. The quantitative estimate of drug-likeness (QED) is 0.469. The molecule has 1 saturated carbocycles. The highest BCUT2D eigenvalue weighted by Crippen LogP contribution is 2.38. The van der Waals surface area contributed by atoms with Gasteiger partial charge < -0.3 is 9.80 Å². The summed E-state index contributed by atoms with van der Waals surface area (Å²) in [6, 6.07) is 3.27. The molecule has 1 amide bonds. The first kappa shape index (κ1) is 27.3. The molecular formula is C23H25F3N8O3S2. The second-order valence-corrected chi connectivity index (χ2v) is 12.7. The van der Waals surface area contributed by atoms with E-state index in [0.717, 1.165) is 0 Å². The number of carbonyl (C=O) groups is 1. The monoisotopic (exact) mass is 582 g/mol. The molecule has 2 aliphatic rings. The van der Waals surface area contributed by atoms with E-state index in [1.165, 1.54) is 22.9 Å². The number of amides is 1. The fourth-order valence-electron chi connectivity index (χ4n) is 4.55. The van der Waals surface area contributed by atoms with Gasteiger partial charge >= 0.3 is 6.18 Å². The topological polar surface area (TPSA) is 137 Å². The minimum absolute atomic E-state index is 0.000566. The molecule has 208 valence electrons. The Morgan fingerprint density at radius 2 is 2.00 bits per heavy atom. The highest BCUT2D eigenvalue weighted by Gasteiger charge is 2.47. The largest absolute Gasteiger partial charge is 0.445 e. The first-order chi connectivity index (χ1) is 18.2. The molecule has 1 aliphatic carbocycles. The van der Waals surface area contributed by atoms with E-state index < -0.39 is 26.7 Å². The van der Waals surface area contributed by atoms with Crippen molar-refractivity contribution in [2.75, 3.05) is 24.5 Å². The van der Waals surface area contributed by atoms with E-state index >= 15 is 0 Å². The van der Waals surface area contributed by atoms with Crippen molar-refractivity contribution in [3.63, 3.8) is 0 Å². The summed E-state index contributed by atoms with van der Waals surface area (Å²) < 4.78 is 70.1. The zero-order chi connectivity index (χ0) is 28.3. The number of hydrogen-bond acceptors (Lipinski definition) is 9. The van der Waals surface area contributed by atoms with Crippen molar-refractivity contribution >= 4 is 38.5 Å². The van der Waals surface area contributed by atoms with Crippen LogP contribution in [0.2, 0.25) is 0 Å². The third-order valence-corrected chi connectivity index (χ3v) is 9.27. The van der Waals surface area contributed by atoms with Crippen molar-refractivity contribution in [2.45, 2.75) is 56.3 Å². The summed E-state index contributed by atoms with van der Waals surface area (Å²) in [6.07, 6.45) is -1.23. The first-order valence-electron chi connectivity index (χ1n) is 12.2. The van der Waals surface area contributed by atoms with E-state index in [0.29, 0.717) is 55.0 Å². The Hall–Kier alpha value is -3.29. The molecule has 5 rings (SSSR count). The average molecular weight is 583 g/mol. The van der Waals surface area contributed by atoms with E-state index in [-0.39, 0.29) is 33.6 Å². The molecule has 1 aliphatic heterocycles. The zero-order valence-electron chi connectivity index (χ0n) is 21.2. The number of rotatable bonds is 6. The van der Waals surface area contributed by atoms with Gasteiger partial charge in [-0.1, -0.05) is 25.2 Å². The Labute approximate surface area is 226 Å². The number of nitriles is 1. The number of pyridine rings is 1. The number of imidazole rings is 1. The summed E-state index contributed by atoms with van der Waals surface area (Å²) in [4.78, 5) is 20.4. The summed E-state index contributed by atoms with van der Waals surface area (Å²) in [7, 11) is -4.19. The van der Waals surface area contributed by atoms with E-state index in [1.54, 1.807) is 4.90 Å². The van der Waals surface area contributed by atoms with Gasteiger partial charge in [0.25, 0.3) is 0 Å². The van der Waals surface area contributed by atoms with Gasteiger partial charge in [0, 0.05) is 37.8 Å².